The molecule has 0 aliphatic rings. The maximum absolute atomic E-state index is 12.5. The second kappa shape index (κ2) is 6.58. The quantitative estimate of drug-likeness (QED) is 0.497. The molecule has 0 atom stereocenters. The SMILES string of the molecule is Cc1ccc(-c2cc3c(=O)[nH]c(Cc4cccc(Br)c4)nc3s2)cc1. The summed E-state index contributed by atoms with van der Waals surface area (Å²) >= 11 is 5.03. The number of aromatic nitrogens is 2. The molecule has 0 unspecified atom stereocenters. The van der Waals surface area contributed by atoms with E-state index in [0.717, 1.165) is 25.3 Å². The number of hydrogen-bond donors (Lipinski definition) is 1. The predicted molar refractivity (Wildman–Crippen MR) is 107 cm³/mol. The molecule has 4 rings (SSSR count). The summed E-state index contributed by atoms with van der Waals surface area (Å²) in [5.41, 5.74) is 3.36. The molecule has 0 aliphatic carbocycles. The molecule has 0 saturated heterocycles. The average molecular weight is 411 g/mol. The fourth-order valence-corrected chi connectivity index (χ4v) is 4.26. The number of nitrogens with zero attached hydrogens (tertiary/aromatic N) is 1. The summed E-state index contributed by atoms with van der Waals surface area (Å²) in [7, 11) is 0. The van der Waals surface area contributed by atoms with Crippen molar-refractivity contribution in [3.05, 3.63) is 86.4 Å². The molecule has 0 saturated carbocycles. The van der Waals surface area contributed by atoms with Crippen LogP contribution >= 0.6 is 27.3 Å². The highest BCUT2D eigenvalue weighted by molar-refractivity contribution is 9.10. The van der Waals surface area contributed by atoms with Gasteiger partial charge in [-0.3, -0.25) is 4.79 Å². The zero-order valence-corrected chi connectivity index (χ0v) is 15.9. The molecule has 0 fully saturated rings. The summed E-state index contributed by atoms with van der Waals surface area (Å²) in [5.74, 6) is 0.688. The molecule has 0 radical (unpaired) electrons. The van der Waals surface area contributed by atoms with Crippen LogP contribution in [0.15, 0.2) is 63.9 Å². The highest BCUT2D eigenvalue weighted by atomic mass is 79.9. The van der Waals surface area contributed by atoms with Gasteiger partial charge in [-0.15, -0.1) is 11.3 Å². The van der Waals surface area contributed by atoms with Crippen molar-refractivity contribution in [2.24, 2.45) is 0 Å². The van der Waals surface area contributed by atoms with Crippen LogP contribution in [-0.4, -0.2) is 9.97 Å². The number of nitrogens with one attached hydrogen (secondary N) is 1. The van der Waals surface area contributed by atoms with Gasteiger partial charge >= 0.3 is 0 Å². The van der Waals surface area contributed by atoms with Crippen molar-refractivity contribution in [2.45, 2.75) is 13.3 Å². The Morgan fingerprint density at radius 1 is 1.12 bits per heavy atom. The molecule has 0 spiro atoms. The molecule has 25 heavy (non-hydrogen) atoms. The van der Waals surface area contributed by atoms with Crippen LogP contribution in [0.1, 0.15) is 17.0 Å². The third kappa shape index (κ3) is 3.43. The van der Waals surface area contributed by atoms with Gasteiger partial charge in [0.2, 0.25) is 0 Å². The zero-order chi connectivity index (χ0) is 17.4. The van der Waals surface area contributed by atoms with Crippen LogP contribution in [-0.2, 0) is 6.42 Å². The number of halogens is 1. The van der Waals surface area contributed by atoms with E-state index in [1.807, 2.05) is 30.3 Å². The van der Waals surface area contributed by atoms with Gasteiger partial charge in [0.1, 0.15) is 10.7 Å². The van der Waals surface area contributed by atoms with E-state index in [-0.39, 0.29) is 5.56 Å². The predicted octanol–water partition coefficient (Wildman–Crippen LogP) is 5.31. The molecule has 5 heteroatoms. The lowest BCUT2D eigenvalue weighted by Crippen LogP contribution is -2.10. The van der Waals surface area contributed by atoms with Gasteiger partial charge in [0.25, 0.3) is 5.56 Å². The fourth-order valence-electron chi connectivity index (χ4n) is 2.76. The van der Waals surface area contributed by atoms with Gasteiger partial charge in [0.05, 0.1) is 5.39 Å². The van der Waals surface area contributed by atoms with E-state index in [1.54, 1.807) is 11.3 Å². The van der Waals surface area contributed by atoms with Crippen molar-refractivity contribution in [3.63, 3.8) is 0 Å². The smallest absolute Gasteiger partial charge is 0.259 e. The summed E-state index contributed by atoms with van der Waals surface area (Å²) < 4.78 is 1.02. The fraction of sp³-hybridized carbons (Fsp3) is 0.100. The number of thiophene rings is 1. The highest BCUT2D eigenvalue weighted by Gasteiger charge is 2.11. The van der Waals surface area contributed by atoms with Crippen LogP contribution in [0.5, 0.6) is 0 Å². The molecule has 0 aliphatic heterocycles. The molecule has 4 aromatic rings. The van der Waals surface area contributed by atoms with Gasteiger partial charge in [-0.25, -0.2) is 4.98 Å². The maximum atomic E-state index is 12.5. The van der Waals surface area contributed by atoms with E-state index < -0.39 is 0 Å². The zero-order valence-electron chi connectivity index (χ0n) is 13.5. The second-order valence-electron chi connectivity index (χ2n) is 6.01. The Hall–Kier alpha value is -2.24. The number of hydrogen-bond acceptors (Lipinski definition) is 3. The summed E-state index contributed by atoms with van der Waals surface area (Å²) in [6.07, 6.45) is 0.600. The van der Waals surface area contributed by atoms with Crippen molar-refractivity contribution in [3.8, 4) is 10.4 Å². The summed E-state index contributed by atoms with van der Waals surface area (Å²) in [6, 6.07) is 18.3. The standard InChI is InChI=1S/C20H15BrN2OS/c1-12-5-7-14(8-6-12)17-11-16-19(24)22-18(23-20(16)25-17)10-13-3-2-4-15(21)9-13/h2-9,11H,10H2,1H3,(H,22,23,24). The molecule has 0 amide bonds. The molecule has 1 N–H and O–H groups in total. The average Bonchev–Trinajstić information content (AvgIpc) is 3.00. The summed E-state index contributed by atoms with van der Waals surface area (Å²) in [4.78, 5) is 21.9. The third-order valence-electron chi connectivity index (χ3n) is 4.05. The Bertz CT molecular complexity index is 1110. The van der Waals surface area contributed by atoms with E-state index in [0.29, 0.717) is 17.6 Å². The van der Waals surface area contributed by atoms with Gasteiger partial charge in [0.15, 0.2) is 0 Å². The Morgan fingerprint density at radius 2 is 1.92 bits per heavy atom. The van der Waals surface area contributed by atoms with Crippen molar-refractivity contribution in [2.75, 3.05) is 0 Å². The van der Waals surface area contributed by atoms with E-state index in [9.17, 15) is 4.79 Å². The van der Waals surface area contributed by atoms with E-state index in [4.69, 9.17) is 0 Å². The minimum absolute atomic E-state index is 0.0791. The van der Waals surface area contributed by atoms with Crippen LogP contribution in [0, 0.1) is 6.92 Å². The molecule has 124 valence electrons. The summed E-state index contributed by atoms with van der Waals surface area (Å²) in [6.45, 7) is 2.06. The lowest BCUT2D eigenvalue weighted by atomic mass is 10.1. The van der Waals surface area contributed by atoms with Gasteiger partial charge in [0, 0.05) is 15.8 Å². The summed E-state index contributed by atoms with van der Waals surface area (Å²) in [5, 5.41) is 0.651. The first-order valence-corrected chi connectivity index (χ1v) is 9.54. The van der Waals surface area contributed by atoms with E-state index in [2.05, 4.69) is 57.1 Å². The van der Waals surface area contributed by atoms with Crippen molar-refractivity contribution in [1.82, 2.24) is 9.97 Å². The van der Waals surface area contributed by atoms with Crippen LogP contribution in [0.4, 0.5) is 0 Å². The Balaban J connectivity index is 1.74. The molecule has 2 aromatic heterocycles. The van der Waals surface area contributed by atoms with Crippen LogP contribution in [0.2, 0.25) is 0 Å². The molecule has 0 bridgehead atoms. The molecule has 2 aromatic carbocycles. The number of H-pyrrole nitrogens is 1. The largest absolute Gasteiger partial charge is 0.310 e. The first-order valence-electron chi connectivity index (χ1n) is 7.93. The minimum atomic E-state index is -0.0791. The molecular weight excluding hydrogens is 396 g/mol. The van der Waals surface area contributed by atoms with Crippen LogP contribution in [0.25, 0.3) is 20.7 Å². The Labute approximate surface area is 157 Å². The number of aromatic amines is 1. The topological polar surface area (TPSA) is 45.8 Å². The minimum Gasteiger partial charge on any atom is -0.310 e. The lowest BCUT2D eigenvalue weighted by Gasteiger charge is -2.02. The monoisotopic (exact) mass is 410 g/mol. The van der Waals surface area contributed by atoms with Crippen molar-refractivity contribution < 1.29 is 0 Å². The van der Waals surface area contributed by atoms with Gasteiger partial charge in [-0.05, 0) is 36.2 Å². The molecule has 3 nitrogen and oxygen atoms in total. The van der Waals surface area contributed by atoms with Crippen molar-refractivity contribution in [1.29, 1.82) is 0 Å². The lowest BCUT2D eigenvalue weighted by molar-refractivity contribution is 0.976. The second-order valence-corrected chi connectivity index (χ2v) is 7.96. The van der Waals surface area contributed by atoms with Crippen molar-refractivity contribution >= 4 is 37.5 Å². The molecule has 2 heterocycles. The van der Waals surface area contributed by atoms with Crippen LogP contribution in [0.3, 0.4) is 0 Å². The van der Waals surface area contributed by atoms with Gasteiger partial charge in [-0.1, -0.05) is 57.9 Å². The van der Waals surface area contributed by atoms with Crippen LogP contribution < -0.4 is 5.56 Å². The number of benzene rings is 2. The Kier molecular flexibility index (Phi) is 4.27. The number of aryl methyl sites for hydroxylation is 1. The van der Waals surface area contributed by atoms with E-state index in [1.165, 1.54) is 5.56 Å². The molecular formula is C20H15BrN2OS. The van der Waals surface area contributed by atoms with E-state index >= 15 is 0 Å². The maximum Gasteiger partial charge on any atom is 0.259 e. The Morgan fingerprint density at radius 3 is 2.68 bits per heavy atom. The first kappa shape index (κ1) is 16.2. The first-order chi connectivity index (χ1) is 12.1. The number of rotatable bonds is 3. The van der Waals surface area contributed by atoms with Gasteiger partial charge < -0.3 is 4.98 Å². The number of fused-ring (bicyclic) bond motifs is 1. The highest BCUT2D eigenvalue weighted by Crippen LogP contribution is 2.31. The normalized spacial score (nSPS) is 11.1. The van der Waals surface area contributed by atoms with Gasteiger partial charge in [-0.2, -0.15) is 0 Å². The third-order valence-corrected chi connectivity index (χ3v) is 5.62.